The second-order valence-corrected chi connectivity index (χ2v) is 10.4. The van der Waals surface area contributed by atoms with Crippen molar-refractivity contribution in [1.82, 2.24) is 14.5 Å². The van der Waals surface area contributed by atoms with E-state index in [2.05, 4.69) is 23.7 Å². The maximum Gasteiger partial charge on any atom is 0.250 e. The molecule has 0 aliphatic heterocycles. The summed E-state index contributed by atoms with van der Waals surface area (Å²) in [6.07, 6.45) is 4.49. The van der Waals surface area contributed by atoms with Gasteiger partial charge in [0.25, 0.3) is 10.0 Å². The number of rotatable bonds is 6. The Labute approximate surface area is 154 Å². The third-order valence-corrected chi connectivity index (χ3v) is 8.61. The summed E-state index contributed by atoms with van der Waals surface area (Å²) in [7, 11) is 2.49. The summed E-state index contributed by atoms with van der Waals surface area (Å²) in [5.74, 6) is 1.22. The van der Waals surface area contributed by atoms with E-state index in [-0.39, 0.29) is 22.7 Å². The number of carbonyl (C=O) groups is 1. The lowest BCUT2D eigenvalue weighted by atomic mass is 10.0. The molecule has 0 spiro atoms. The summed E-state index contributed by atoms with van der Waals surface area (Å²) >= 11 is 1.15. The molecule has 0 saturated heterocycles. The van der Waals surface area contributed by atoms with Gasteiger partial charge in [-0.25, -0.2) is 13.1 Å². The van der Waals surface area contributed by atoms with Crippen LogP contribution in [0.2, 0.25) is 0 Å². The molecule has 0 aromatic carbocycles. The number of carbonyl (C=O) groups excluding carboxylic acids is 1. The molecule has 4 atom stereocenters. The first-order valence-electron chi connectivity index (χ1n) is 8.73. The molecule has 1 N–H and O–H groups in total. The Morgan fingerprint density at radius 2 is 1.76 bits per heavy atom. The Balaban J connectivity index is 1.51. The Bertz CT molecular complexity index is 689. The topological polar surface area (TPSA) is 69.7 Å². The molecule has 0 radical (unpaired) electrons. The van der Waals surface area contributed by atoms with E-state index in [0.717, 1.165) is 24.2 Å². The van der Waals surface area contributed by atoms with Gasteiger partial charge in [0.15, 0.2) is 0 Å². The van der Waals surface area contributed by atoms with Crippen LogP contribution in [0.5, 0.6) is 0 Å². The number of likely N-dealkylation sites (N-methyl/N-ethyl adjacent to an activating group) is 1. The van der Waals surface area contributed by atoms with Gasteiger partial charge in [0.1, 0.15) is 4.21 Å². The Morgan fingerprint density at radius 3 is 2.28 bits per heavy atom. The minimum Gasteiger partial charge on any atom is -0.342 e. The average Bonchev–Trinajstić information content (AvgIpc) is 3.26. The van der Waals surface area contributed by atoms with E-state index in [1.54, 1.807) is 29.5 Å². The van der Waals surface area contributed by atoms with Gasteiger partial charge in [0.2, 0.25) is 5.91 Å². The zero-order chi connectivity index (χ0) is 18.2. The van der Waals surface area contributed by atoms with Crippen LogP contribution in [0, 0.1) is 11.8 Å². The minimum atomic E-state index is -3.59. The van der Waals surface area contributed by atoms with Crippen molar-refractivity contribution < 1.29 is 13.2 Å². The Morgan fingerprint density at radius 1 is 1.16 bits per heavy atom. The molecule has 2 unspecified atom stereocenters. The average molecular weight is 386 g/mol. The standard InChI is InChI=1S/C17H27N3O3S2/c1-19(2)14-7-12-9-15(10-13(12)8-14)20(3)16(21)11-18-25(22,23)17-5-4-6-24-17/h4-6,12-15,18H,7-11H2,1-3H3/t12-,13+,14?,15?. The molecule has 6 nitrogen and oxygen atoms in total. The lowest BCUT2D eigenvalue weighted by molar-refractivity contribution is -0.130. The number of hydrogen-bond acceptors (Lipinski definition) is 5. The van der Waals surface area contributed by atoms with Crippen molar-refractivity contribution in [1.29, 1.82) is 0 Å². The highest BCUT2D eigenvalue weighted by molar-refractivity contribution is 7.91. The number of sulfonamides is 1. The van der Waals surface area contributed by atoms with Crippen LogP contribution in [-0.4, -0.2) is 63.9 Å². The SMILES string of the molecule is CN(C)C1C[C@@H]2CC(N(C)C(=O)CNS(=O)(=O)c3cccs3)C[C@@H]2C1. The highest BCUT2D eigenvalue weighted by atomic mass is 32.2. The smallest absolute Gasteiger partial charge is 0.250 e. The third-order valence-electron chi connectivity index (χ3n) is 5.81. The van der Waals surface area contributed by atoms with Gasteiger partial charge in [-0.15, -0.1) is 11.3 Å². The Kier molecular flexibility index (Phi) is 5.53. The zero-order valence-corrected chi connectivity index (χ0v) is 16.6. The van der Waals surface area contributed by atoms with Crippen LogP contribution >= 0.6 is 11.3 Å². The number of hydrogen-bond donors (Lipinski definition) is 1. The maximum absolute atomic E-state index is 12.4. The molecule has 2 aliphatic carbocycles. The van der Waals surface area contributed by atoms with Gasteiger partial charge in [0.05, 0.1) is 6.54 Å². The molecule has 0 bridgehead atoms. The number of amides is 1. The summed E-state index contributed by atoms with van der Waals surface area (Å²) < 4.78 is 26.9. The Hall–Kier alpha value is -0.960. The molecule has 2 saturated carbocycles. The van der Waals surface area contributed by atoms with Gasteiger partial charge >= 0.3 is 0 Å². The van der Waals surface area contributed by atoms with Gasteiger partial charge in [0, 0.05) is 19.1 Å². The van der Waals surface area contributed by atoms with Crippen molar-refractivity contribution in [2.75, 3.05) is 27.7 Å². The quantitative estimate of drug-likeness (QED) is 0.808. The first-order chi connectivity index (χ1) is 11.8. The van der Waals surface area contributed by atoms with E-state index in [1.807, 2.05) is 0 Å². The van der Waals surface area contributed by atoms with Gasteiger partial charge in [-0.1, -0.05) is 6.07 Å². The van der Waals surface area contributed by atoms with Crippen LogP contribution in [0.25, 0.3) is 0 Å². The van der Waals surface area contributed by atoms with Crippen LogP contribution in [0.15, 0.2) is 21.7 Å². The summed E-state index contributed by atoms with van der Waals surface area (Å²) in [5, 5.41) is 1.71. The largest absolute Gasteiger partial charge is 0.342 e. The lowest BCUT2D eigenvalue weighted by Gasteiger charge is -2.27. The first kappa shape index (κ1) is 18.8. The van der Waals surface area contributed by atoms with Crippen LogP contribution in [0.1, 0.15) is 25.7 Å². The predicted molar refractivity (Wildman–Crippen MR) is 99.0 cm³/mol. The first-order valence-corrected chi connectivity index (χ1v) is 11.1. The molecule has 25 heavy (non-hydrogen) atoms. The fourth-order valence-corrected chi connectivity index (χ4v) is 6.28. The van der Waals surface area contributed by atoms with Crippen molar-refractivity contribution in [3.63, 3.8) is 0 Å². The maximum atomic E-state index is 12.4. The highest BCUT2D eigenvalue weighted by Gasteiger charge is 2.44. The second-order valence-electron chi connectivity index (χ2n) is 7.50. The van der Waals surface area contributed by atoms with Crippen molar-refractivity contribution in [2.45, 2.75) is 42.0 Å². The molecule has 2 aliphatic rings. The normalized spacial score (nSPS) is 29.1. The van der Waals surface area contributed by atoms with E-state index in [9.17, 15) is 13.2 Å². The fraction of sp³-hybridized carbons (Fsp3) is 0.706. The van der Waals surface area contributed by atoms with Crippen molar-refractivity contribution in [3.8, 4) is 0 Å². The van der Waals surface area contributed by atoms with E-state index in [4.69, 9.17) is 0 Å². The summed E-state index contributed by atoms with van der Waals surface area (Å²) in [4.78, 5) is 16.5. The summed E-state index contributed by atoms with van der Waals surface area (Å²) in [5.41, 5.74) is 0. The molecule has 1 aromatic heterocycles. The van der Waals surface area contributed by atoms with Crippen molar-refractivity contribution in [3.05, 3.63) is 17.5 Å². The van der Waals surface area contributed by atoms with Crippen LogP contribution in [-0.2, 0) is 14.8 Å². The summed E-state index contributed by atoms with van der Waals surface area (Å²) in [6, 6.07) is 4.12. The molecule has 8 heteroatoms. The van der Waals surface area contributed by atoms with Gasteiger partial charge < -0.3 is 9.80 Å². The third kappa shape index (κ3) is 4.07. The second kappa shape index (κ2) is 7.34. The van der Waals surface area contributed by atoms with Crippen molar-refractivity contribution in [2.24, 2.45) is 11.8 Å². The number of thiophene rings is 1. The monoisotopic (exact) mass is 385 g/mol. The van der Waals surface area contributed by atoms with Gasteiger partial charge in [-0.2, -0.15) is 0 Å². The minimum absolute atomic E-state index is 0.158. The van der Waals surface area contributed by atoms with E-state index >= 15 is 0 Å². The van der Waals surface area contributed by atoms with Crippen molar-refractivity contribution >= 4 is 27.3 Å². The molecule has 1 heterocycles. The van der Waals surface area contributed by atoms with Gasteiger partial charge in [-0.05, 0) is 63.1 Å². The van der Waals surface area contributed by atoms with E-state index in [0.29, 0.717) is 17.9 Å². The number of fused-ring (bicyclic) bond motifs is 1. The molecular weight excluding hydrogens is 358 g/mol. The molecule has 3 rings (SSSR count). The molecule has 2 fully saturated rings. The fourth-order valence-electron chi connectivity index (χ4n) is 4.26. The predicted octanol–water partition coefficient (Wildman–Crippen LogP) is 1.60. The van der Waals surface area contributed by atoms with E-state index < -0.39 is 10.0 Å². The number of nitrogens with one attached hydrogen (secondary N) is 1. The zero-order valence-electron chi connectivity index (χ0n) is 15.0. The van der Waals surface area contributed by atoms with Gasteiger partial charge in [-0.3, -0.25) is 4.79 Å². The molecule has 140 valence electrons. The summed E-state index contributed by atoms with van der Waals surface area (Å²) in [6.45, 7) is -0.178. The molecule has 1 aromatic rings. The van der Waals surface area contributed by atoms with Crippen LogP contribution in [0.4, 0.5) is 0 Å². The molecular formula is C17H27N3O3S2. The van der Waals surface area contributed by atoms with E-state index in [1.165, 1.54) is 12.8 Å². The number of nitrogens with zero attached hydrogens (tertiary/aromatic N) is 2. The van der Waals surface area contributed by atoms with Crippen LogP contribution < -0.4 is 4.72 Å². The lowest BCUT2D eigenvalue weighted by Crippen LogP contribution is -2.42. The molecule has 1 amide bonds. The highest BCUT2D eigenvalue weighted by Crippen LogP contribution is 2.46. The van der Waals surface area contributed by atoms with Crippen LogP contribution in [0.3, 0.4) is 0 Å².